The van der Waals surface area contributed by atoms with E-state index in [1.165, 1.54) is 5.56 Å². The van der Waals surface area contributed by atoms with E-state index in [1.807, 2.05) is 26.2 Å². The summed E-state index contributed by atoms with van der Waals surface area (Å²) in [5.41, 5.74) is 7.49. The molecule has 21 heavy (non-hydrogen) atoms. The fourth-order valence-corrected chi connectivity index (χ4v) is 2.87. The van der Waals surface area contributed by atoms with Crippen molar-refractivity contribution in [1.82, 2.24) is 10.2 Å². The minimum atomic E-state index is -0.643. The molecule has 1 aromatic rings. The topological polar surface area (TPSA) is 67.6 Å². The van der Waals surface area contributed by atoms with E-state index in [0.29, 0.717) is 6.42 Å². The highest BCUT2D eigenvalue weighted by molar-refractivity contribution is 5.85. The number of methoxy groups -OCH3 is 1. The van der Waals surface area contributed by atoms with E-state index in [4.69, 9.17) is 10.5 Å². The fraction of sp³-hybridized carbons (Fsp3) is 0.562. The van der Waals surface area contributed by atoms with Gasteiger partial charge in [0.15, 0.2) is 0 Å². The Balaban J connectivity index is 2.18. The molecule has 0 aliphatic heterocycles. The second-order valence-corrected chi connectivity index (χ2v) is 5.99. The third kappa shape index (κ3) is 3.54. The van der Waals surface area contributed by atoms with Gasteiger partial charge in [-0.25, -0.2) is 0 Å². The lowest BCUT2D eigenvalue weighted by molar-refractivity contribution is -0.125. The number of amides is 1. The molecule has 0 saturated carbocycles. The highest BCUT2D eigenvalue weighted by Crippen LogP contribution is 2.31. The summed E-state index contributed by atoms with van der Waals surface area (Å²) in [4.78, 5) is 14.1. The first-order valence-electron chi connectivity index (χ1n) is 7.32. The van der Waals surface area contributed by atoms with E-state index < -0.39 is 5.54 Å². The summed E-state index contributed by atoms with van der Waals surface area (Å²) < 4.78 is 5.28. The average Bonchev–Trinajstić information content (AvgIpc) is 2.45. The lowest BCUT2D eigenvalue weighted by Gasteiger charge is -2.37. The van der Waals surface area contributed by atoms with Crippen LogP contribution in [0.5, 0.6) is 5.75 Å². The summed E-state index contributed by atoms with van der Waals surface area (Å²) in [7, 11) is 5.68. The molecule has 0 fully saturated rings. The average molecular weight is 291 g/mol. The molecule has 1 amide bonds. The van der Waals surface area contributed by atoms with Crippen molar-refractivity contribution in [3.63, 3.8) is 0 Å². The molecule has 1 atom stereocenters. The maximum absolute atomic E-state index is 12.0. The summed E-state index contributed by atoms with van der Waals surface area (Å²) in [6, 6.07) is 6.06. The number of likely N-dealkylation sites (N-methyl/N-ethyl adjacent to an activating group) is 1. The van der Waals surface area contributed by atoms with Gasteiger partial charge >= 0.3 is 0 Å². The Bertz CT molecular complexity index is 516. The second-order valence-electron chi connectivity index (χ2n) is 5.99. The Hall–Kier alpha value is -1.59. The van der Waals surface area contributed by atoms with E-state index in [9.17, 15) is 4.79 Å². The number of hydrogen-bond donors (Lipinski definition) is 2. The van der Waals surface area contributed by atoms with Crippen LogP contribution in [0.15, 0.2) is 18.2 Å². The van der Waals surface area contributed by atoms with Gasteiger partial charge in [-0.3, -0.25) is 4.79 Å². The first kappa shape index (κ1) is 15.8. The number of rotatable bonds is 6. The molecular weight excluding hydrogens is 266 g/mol. The molecule has 5 nitrogen and oxygen atoms in total. The number of nitrogens with two attached hydrogens (primary N) is 1. The molecule has 1 aliphatic rings. The van der Waals surface area contributed by atoms with Crippen LogP contribution >= 0.6 is 0 Å². The SMILES string of the molecule is COc1ccc2c(c1)CC(NCCN(C)C)(C(N)=O)CC2. The summed E-state index contributed by atoms with van der Waals surface area (Å²) in [6.07, 6.45) is 2.23. The lowest BCUT2D eigenvalue weighted by atomic mass is 9.77. The van der Waals surface area contributed by atoms with Crippen molar-refractivity contribution >= 4 is 5.91 Å². The predicted molar refractivity (Wildman–Crippen MR) is 83.5 cm³/mol. The van der Waals surface area contributed by atoms with Crippen LogP contribution in [0.25, 0.3) is 0 Å². The number of nitrogens with one attached hydrogen (secondary N) is 1. The summed E-state index contributed by atoms with van der Waals surface area (Å²) in [5.74, 6) is 0.553. The number of benzene rings is 1. The van der Waals surface area contributed by atoms with Crippen LogP contribution in [0.1, 0.15) is 17.5 Å². The first-order chi connectivity index (χ1) is 9.97. The maximum Gasteiger partial charge on any atom is 0.238 e. The molecule has 0 aromatic heterocycles. The number of carbonyl (C=O) groups excluding carboxylic acids is 1. The van der Waals surface area contributed by atoms with Gasteiger partial charge in [0, 0.05) is 13.1 Å². The minimum absolute atomic E-state index is 0.269. The molecule has 0 radical (unpaired) electrons. The molecule has 5 heteroatoms. The number of primary amides is 1. The van der Waals surface area contributed by atoms with Crippen LogP contribution in [0.4, 0.5) is 0 Å². The smallest absolute Gasteiger partial charge is 0.238 e. The van der Waals surface area contributed by atoms with Crippen LogP contribution in [-0.4, -0.2) is 50.6 Å². The van der Waals surface area contributed by atoms with Gasteiger partial charge in [0.25, 0.3) is 0 Å². The minimum Gasteiger partial charge on any atom is -0.497 e. The van der Waals surface area contributed by atoms with Crippen molar-refractivity contribution in [2.45, 2.75) is 24.8 Å². The Morgan fingerprint density at radius 3 is 2.81 bits per heavy atom. The van der Waals surface area contributed by atoms with Crippen molar-refractivity contribution < 1.29 is 9.53 Å². The standard InChI is InChI=1S/C16H25N3O2/c1-19(2)9-8-18-16(15(17)20)7-6-12-4-5-14(21-3)10-13(12)11-16/h4-5,10,18H,6-9,11H2,1-3H3,(H2,17,20). The number of fused-ring (bicyclic) bond motifs is 1. The number of nitrogens with zero attached hydrogens (tertiary/aromatic N) is 1. The molecule has 1 aromatic carbocycles. The normalized spacial score (nSPS) is 21.1. The van der Waals surface area contributed by atoms with Gasteiger partial charge in [-0.15, -0.1) is 0 Å². The zero-order valence-corrected chi connectivity index (χ0v) is 13.1. The van der Waals surface area contributed by atoms with E-state index in [-0.39, 0.29) is 5.91 Å². The van der Waals surface area contributed by atoms with E-state index in [2.05, 4.69) is 16.3 Å². The van der Waals surface area contributed by atoms with Gasteiger partial charge in [-0.2, -0.15) is 0 Å². The van der Waals surface area contributed by atoms with Crippen molar-refractivity contribution in [2.24, 2.45) is 5.73 Å². The molecule has 0 spiro atoms. The first-order valence-corrected chi connectivity index (χ1v) is 7.32. The number of hydrogen-bond acceptors (Lipinski definition) is 4. The predicted octanol–water partition coefficient (Wildman–Crippen LogP) is 0.559. The molecular formula is C16H25N3O2. The largest absolute Gasteiger partial charge is 0.497 e. The van der Waals surface area contributed by atoms with Gasteiger partial charge in [-0.05, 0) is 56.6 Å². The monoisotopic (exact) mass is 291 g/mol. The molecule has 1 aliphatic carbocycles. The Labute approximate surface area is 126 Å². The van der Waals surface area contributed by atoms with Crippen LogP contribution in [0.3, 0.4) is 0 Å². The number of aryl methyl sites for hydroxylation is 1. The van der Waals surface area contributed by atoms with Crippen molar-refractivity contribution in [3.05, 3.63) is 29.3 Å². The lowest BCUT2D eigenvalue weighted by Crippen LogP contribution is -2.59. The van der Waals surface area contributed by atoms with Gasteiger partial charge in [0.2, 0.25) is 5.91 Å². The fourth-order valence-electron chi connectivity index (χ4n) is 2.87. The molecule has 1 unspecified atom stereocenters. The van der Waals surface area contributed by atoms with Crippen LogP contribution in [-0.2, 0) is 17.6 Å². The number of carbonyl (C=O) groups is 1. The zero-order chi connectivity index (χ0) is 15.5. The Morgan fingerprint density at radius 1 is 1.43 bits per heavy atom. The highest BCUT2D eigenvalue weighted by atomic mass is 16.5. The van der Waals surface area contributed by atoms with Crippen molar-refractivity contribution in [2.75, 3.05) is 34.3 Å². The molecule has 2 rings (SSSR count). The molecule has 0 heterocycles. The van der Waals surface area contributed by atoms with E-state index in [1.54, 1.807) is 7.11 Å². The third-order valence-corrected chi connectivity index (χ3v) is 4.22. The highest BCUT2D eigenvalue weighted by Gasteiger charge is 2.39. The van der Waals surface area contributed by atoms with Crippen molar-refractivity contribution in [3.8, 4) is 5.75 Å². The van der Waals surface area contributed by atoms with Gasteiger partial charge in [0.05, 0.1) is 7.11 Å². The summed E-state index contributed by atoms with van der Waals surface area (Å²) in [6.45, 7) is 1.62. The third-order valence-electron chi connectivity index (χ3n) is 4.22. The zero-order valence-electron chi connectivity index (χ0n) is 13.1. The Kier molecular flexibility index (Phi) is 4.85. The van der Waals surface area contributed by atoms with Gasteiger partial charge in [0.1, 0.15) is 11.3 Å². The van der Waals surface area contributed by atoms with Crippen LogP contribution in [0.2, 0.25) is 0 Å². The van der Waals surface area contributed by atoms with Gasteiger partial charge in [-0.1, -0.05) is 6.07 Å². The van der Waals surface area contributed by atoms with E-state index in [0.717, 1.165) is 37.2 Å². The summed E-state index contributed by atoms with van der Waals surface area (Å²) in [5, 5.41) is 3.39. The van der Waals surface area contributed by atoms with Crippen molar-refractivity contribution in [1.29, 1.82) is 0 Å². The molecule has 116 valence electrons. The number of ether oxygens (including phenoxy) is 1. The molecule has 3 N–H and O–H groups in total. The van der Waals surface area contributed by atoms with Crippen LogP contribution in [0, 0.1) is 0 Å². The van der Waals surface area contributed by atoms with E-state index >= 15 is 0 Å². The quantitative estimate of drug-likeness (QED) is 0.803. The maximum atomic E-state index is 12.0. The van der Waals surface area contributed by atoms with Crippen LogP contribution < -0.4 is 15.8 Å². The summed E-state index contributed by atoms with van der Waals surface area (Å²) >= 11 is 0. The van der Waals surface area contributed by atoms with Gasteiger partial charge < -0.3 is 20.7 Å². The molecule has 0 saturated heterocycles. The Morgan fingerprint density at radius 2 is 2.19 bits per heavy atom. The molecule has 0 bridgehead atoms. The second kappa shape index (κ2) is 6.45.